The number of hydrogen-bond donors (Lipinski definition) is 1. The zero-order chi connectivity index (χ0) is 21.1. The fourth-order valence-electron chi connectivity index (χ4n) is 3.04. The predicted molar refractivity (Wildman–Crippen MR) is 112 cm³/mol. The van der Waals surface area contributed by atoms with Gasteiger partial charge in [0.1, 0.15) is 17.6 Å². The number of carbonyl (C=O) groups is 1. The number of carbonyl (C=O) groups excluding carboxylic acids is 1. The molecule has 1 aliphatic rings. The molecular formula is C20H16N4O4S2. The van der Waals surface area contributed by atoms with E-state index in [0.29, 0.717) is 18.7 Å². The van der Waals surface area contributed by atoms with Gasteiger partial charge >= 0.3 is 0 Å². The predicted octanol–water partition coefficient (Wildman–Crippen LogP) is 3.73. The molecule has 1 aromatic heterocycles. The molecule has 0 saturated carbocycles. The highest BCUT2D eigenvalue weighted by Crippen LogP contribution is 2.30. The summed E-state index contributed by atoms with van der Waals surface area (Å²) >= 11 is 1.15. The molecule has 8 nitrogen and oxygen atoms in total. The van der Waals surface area contributed by atoms with Gasteiger partial charge in [-0.05, 0) is 48.9 Å². The molecule has 2 heterocycles. The first-order chi connectivity index (χ1) is 14.5. The molecule has 1 aliphatic heterocycles. The van der Waals surface area contributed by atoms with Gasteiger partial charge in [-0.25, -0.2) is 13.4 Å². The van der Waals surface area contributed by atoms with Crippen LogP contribution >= 0.6 is 11.3 Å². The maximum Gasteiger partial charge on any atom is 0.263 e. The highest BCUT2D eigenvalue weighted by atomic mass is 32.2. The van der Waals surface area contributed by atoms with Gasteiger partial charge in [0.05, 0.1) is 10.5 Å². The van der Waals surface area contributed by atoms with Gasteiger partial charge in [0.15, 0.2) is 5.13 Å². The average molecular weight is 441 g/mol. The number of nitriles is 1. The minimum absolute atomic E-state index is 0.0653. The molecule has 30 heavy (non-hydrogen) atoms. The maximum absolute atomic E-state index is 12.5. The lowest BCUT2D eigenvalue weighted by atomic mass is 10.2. The number of ether oxygens (including phenoxy) is 1. The lowest BCUT2D eigenvalue weighted by Gasteiger charge is -2.16. The fourth-order valence-corrected chi connectivity index (χ4v) is 4.86. The molecule has 0 radical (unpaired) electrons. The molecule has 1 saturated heterocycles. The number of rotatable bonds is 6. The number of benzene rings is 2. The van der Waals surface area contributed by atoms with Crippen LogP contribution in [0.3, 0.4) is 0 Å². The van der Waals surface area contributed by atoms with E-state index in [4.69, 9.17) is 4.74 Å². The first-order valence-electron chi connectivity index (χ1n) is 9.01. The minimum atomic E-state index is -3.87. The summed E-state index contributed by atoms with van der Waals surface area (Å²) in [5.74, 6) is 0.799. The van der Waals surface area contributed by atoms with Crippen LogP contribution < -0.4 is 14.4 Å². The molecule has 0 aliphatic carbocycles. The third kappa shape index (κ3) is 4.12. The van der Waals surface area contributed by atoms with E-state index < -0.39 is 10.0 Å². The Bertz CT molecular complexity index is 1220. The summed E-state index contributed by atoms with van der Waals surface area (Å²) in [6.45, 7) is 0.697. The van der Waals surface area contributed by atoms with Gasteiger partial charge < -0.3 is 9.64 Å². The Morgan fingerprint density at radius 1 is 1.20 bits per heavy atom. The Labute approximate surface area is 177 Å². The topological polar surface area (TPSA) is 112 Å². The van der Waals surface area contributed by atoms with Crippen molar-refractivity contribution in [1.29, 1.82) is 5.26 Å². The van der Waals surface area contributed by atoms with E-state index in [1.807, 2.05) is 6.07 Å². The van der Waals surface area contributed by atoms with Crippen LogP contribution in [0, 0.1) is 11.3 Å². The molecule has 152 valence electrons. The zero-order valence-electron chi connectivity index (χ0n) is 15.6. The SMILES string of the molecule is N#Cc1cc(S(=O)(=O)Nc2nccs2)ccc1Oc1ccc(N2CCCC2=O)cc1. The molecule has 1 fully saturated rings. The number of nitrogens with one attached hydrogen (secondary N) is 1. The van der Waals surface area contributed by atoms with E-state index in [0.717, 1.165) is 23.4 Å². The van der Waals surface area contributed by atoms with Crippen LogP contribution in [0.25, 0.3) is 0 Å². The van der Waals surface area contributed by atoms with Gasteiger partial charge in [0.2, 0.25) is 5.91 Å². The Morgan fingerprint density at radius 3 is 2.63 bits per heavy atom. The Kier molecular flexibility index (Phi) is 5.39. The first-order valence-corrected chi connectivity index (χ1v) is 11.4. The van der Waals surface area contributed by atoms with Crippen molar-refractivity contribution < 1.29 is 17.9 Å². The Balaban J connectivity index is 1.53. The normalized spacial score (nSPS) is 13.8. The van der Waals surface area contributed by atoms with Crippen LogP contribution in [0.5, 0.6) is 11.5 Å². The van der Waals surface area contributed by atoms with Gasteiger partial charge in [-0.15, -0.1) is 11.3 Å². The van der Waals surface area contributed by atoms with E-state index in [1.165, 1.54) is 24.4 Å². The molecule has 1 amide bonds. The van der Waals surface area contributed by atoms with E-state index >= 15 is 0 Å². The average Bonchev–Trinajstić information content (AvgIpc) is 3.40. The molecule has 10 heteroatoms. The summed E-state index contributed by atoms with van der Waals surface area (Å²) in [6.07, 6.45) is 2.89. The molecule has 0 bridgehead atoms. The number of sulfonamides is 1. The van der Waals surface area contributed by atoms with Gasteiger partial charge in [0, 0.05) is 30.2 Å². The Morgan fingerprint density at radius 2 is 2.00 bits per heavy atom. The maximum atomic E-state index is 12.5. The van der Waals surface area contributed by atoms with Crippen molar-refractivity contribution >= 4 is 38.1 Å². The number of thiazole rings is 1. The molecular weight excluding hydrogens is 424 g/mol. The van der Waals surface area contributed by atoms with Gasteiger partial charge in [-0.2, -0.15) is 5.26 Å². The monoisotopic (exact) mass is 440 g/mol. The first kappa shape index (κ1) is 19.9. The van der Waals surface area contributed by atoms with E-state index in [9.17, 15) is 18.5 Å². The molecule has 4 rings (SSSR count). The van der Waals surface area contributed by atoms with Crippen LogP contribution in [0.2, 0.25) is 0 Å². The van der Waals surface area contributed by atoms with Crippen molar-refractivity contribution in [2.24, 2.45) is 0 Å². The van der Waals surface area contributed by atoms with Crippen molar-refractivity contribution in [3.8, 4) is 17.6 Å². The minimum Gasteiger partial charge on any atom is -0.456 e. The summed E-state index contributed by atoms with van der Waals surface area (Å²) in [7, 11) is -3.87. The lowest BCUT2D eigenvalue weighted by Crippen LogP contribution is -2.23. The quantitative estimate of drug-likeness (QED) is 0.625. The Hall–Kier alpha value is -3.42. The molecule has 2 aromatic carbocycles. The molecule has 0 atom stereocenters. The molecule has 1 N–H and O–H groups in total. The van der Waals surface area contributed by atoms with Crippen LogP contribution in [0.1, 0.15) is 18.4 Å². The summed E-state index contributed by atoms with van der Waals surface area (Å²) < 4.78 is 33.1. The van der Waals surface area contributed by atoms with Crippen molar-refractivity contribution in [2.75, 3.05) is 16.2 Å². The summed E-state index contributed by atoms with van der Waals surface area (Å²) in [5, 5.41) is 11.4. The van der Waals surface area contributed by atoms with E-state index in [-0.39, 0.29) is 27.2 Å². The highest BCUT2D eigenvalue weighted by molar-refractivity contribution is 7.93. The van der Waals surface area contributed by atoms with Crippen molar-refractivity contribution in [1.82, 2.24) is 4.98 Å². The zero-order valence-corrected chi connectivity index (χ0v) is 17.2. The summed E-state index contributed by atoms with van der Waals surface area (Å²) in [5.41, 5.74) is 0.871. The molecule has 0 spiro atoms. The van der Waals surface area contributed by atoms with Gasteiger partial charge in [-0.3, -0.25) is 9.52 Å². The van der Waals surface area contributed by atoms with Crippen LogP contribution in [0.15, 0.2) is 58.9 Å². The number of aromatic nitrogens is 1. The summed E-state index contributed by atoms with van der Waals surface area (Å²) in [4.78, 5) is 17.4. The van der Waals surface area contributed by atoms with Gasteiger partial charge in [0.25, 0.3) is 10.0 Å². The number of nitrogens with zero attached hydrogens (tertiary/aromatic N) is 3. The third-order valence-electron chi connectivity index (χ3n) is 4.49. The van der Waals surface area contributed by atoms with Gasteiger partial charge in [-0.1, -0.05) is 0 Å². The second kappa shape index (κ2) is 8.14. The van der Waals surface area contributed by atoms with Crippen LogP contribution in [0.4, 0.5) is 10.8 Å². The lowest BCUT2D eigenvalue weighted by molar-refractivity contribution is -0.117. The van der Waals surface area contributed by atoms with Crippen LogP contribution in [-0.4, -0.2) is 25.9 Å². The smallest absolute Gasteiger partial charge is 0.263 e. The molecule has 0 unspecified atom stereocenters. The highest BCUT2D eigenvalue weighted by Gasteiger charge is 2.22. The number of amides is 1. The van der Waals surface area contributed by atoms with E-state index in [1.54, 1.807) is 34.5 Å². The third-order valence-corrected chi connectivity index (χ3v) is 6.64. The fraction of sp³-hybridized carbons (Fsp3) is 0.150. The second-order valence-electron chi connectivity index (χ2n) is 6.46. The number of hydrogen-bond acceptors (Lipinski definition) is 7. The van der Waals surface area contributed by atoms with Crippen molar-refractivity contribution in [2.45, 2.75) is 17.7 Å². The second-order valence-corrected chi connectivity index (χ2v) is 9.03. The van der Waals surface area contributed by atoms with Crippen LogP contribution in [-0.2, 0) is 14.8 Å². The number of anilines is 2. The standard InChI is InChI=1S/C20H16N4O4S2/c21-13-14-12-17(30(26,27)23-20-22-9-11-29-20)7-8-18(14)28-16-5-3-15(4-6-16)24-10-1-2-19(24)25/h3-9,11-12H,1-2,10H2,(H,22,23). The van der Waals surface area contributed by atoms with Crippen molar-refractivity contribution in [3.05, 3.63) is 59.6 Å². The van der Waals surface area contributed by atoms with E-state index in [2.05, 4.69) is 9.71 Å². The largest absolute Gasteiger partial charge is 0.456 e. The molecule has 3 aromatic rings. The summed E-state index contributed by atoms with van der Waals surface area (Å²) in [6, 6.07) is 13.0. The van der Waals surface area contributed by atoms with Crippen molar-refractivity contribution in [3.63, 3.8) is 0 Å².